The van der Waals surface area contributed by atoms with Crippen LogP contribution in [0.4, 0.5) is 17.6 Å². The molecule has 2 aromatic rings. The molecule has 0 aliphatic carbocycles. The van der Waals surface area contributed by atoms with Crippen LogP contribution in [0.25, 0.3) is 5.69 Å². The van der Waals surface area contributed by atoms with Crippen LogP contribution < -0.4 is 5.56 Å². The Bertz CT molecular complexity index is 1120. The van der Waals surface area contributed by atoms with Gasteiger partial charge in [-0.15, -0.1) is 0 Å². The molecule has 13 heteroatoms. The molecule has 1 unspecified atom stereocenters. The fourth-order valence-corrected chi connectivity index (χ4v) is 3.03. The quantitative estimate of drug-likeness (QED) is 0.216. The number of rotatable bonds is 9. The molecule has 0 aliphatic heterocycles. The summed E-state index contributed by atoms with van der Waals surface area (Å²) in [6.07, 6.45) is -3.94. The van der Waals surface area contributed by atoms with E-state index in [9.17, 15) is 31.9 Å². The van der Waals surface area contributed by atoms with Crippen LogP contribution in [-0.2, 0) is 25.2 Å². The van der Waals surface area contributed by atoms with E-state index in [-0.39, 0.29) is 6.61 Å². The molecule has 0 fully saturated rings. The van der Waals surface area contributed by atoms with Gasteiger partial charge in [0.1, 0.15) is 5.69 Å². The lowest BCUT2D eigenvalue weighted by Crippen LogP contribution is -2.31. The number of benzene rings is 1. The zero-order chi connectivity index (χ0) is 25.6. The first-order valence-corrected chi connectivity index (χ1v) is 10.4. The molecule has 0 saturated carbocycles. The minimum absolute atomic E-state index is 0.0768. The van der Waals surface area contributed by atoms with Gasteiger partial charge in [0.15, 0.2) is 5.82 Å². The predicted molar refractivity (Wildman–Crippen MR) is 111 cm³/mol. The van der Waals surface area contributed by atoms with Gasteiger partial charge in [-0.3, -0.25) is 4.79 Å². The Morgan fingerprint density at radius 1 is 1.24 bits per heavy atom. The molecule has 1 atom stereocenters. The lowest BCUT2D eigenvalue weighted by Gasteiger charge is -2.16. The van der Waals surface area contributed by atoms with E-state index >= 15 is 0 Å². The van der Waals surface area contributed by atoms with Gasteiger partial charge in [-0.25, -0.2) is 14.0 Å². The van der Waals surface area contributed by atoms with Gasteiger partial charge in [0, 0.05) is 12.7 Å². The van der Waals surface area contributed by atoms with Crippen LogP contribution in [0.1, 0.15) is 47.7 Å². The third-order valence-electron chi connectivity index (χ3n) is 4.62. The van der Waals surface area contributed by atoms with Gasteiger partial charge in [-0.05, 0) is 25.5 Å². The zero-order valence-corrected chi connectivity index (χ0v) is 19.1. The molecular formula is C21H21ClF4N2O6. The van der Waals surface area contributed by atoms with Gasteiger partial charge >= 0.3 is 24.4 Å². The summed E-state index contributed by atoms with van der Waals surface area (Å²) in [5.41, 5.74) is -4.44. The predicted octanol–water partition coefficient (Wildman–Crippen LogP) is 4.21. The maximum Gasteiger partial charge on any atom is 0.418 e. The summed E-state index contributed by atoms with van der Waals surface area (Å²) in [7, 11) is 1.08. The van der Waals surface area contributed by atoms with Crippen LogP contribution in [0.15, 0.2) is 23.1 Å². The summed E-state index contributed by atoms with van der Waals surface area (Å²) in [5, 5.41) is 2.92. The number of carbonyl (C=O) groups excluding carboxylic acids is 2. The molecule has 8 nitrogen and oxygen atoms in total. The number of ether oxygens (including phenoxy) is 3. The Kier molecular flexibility index (Phi) is 9.16. The average molecular weight is 509 g/mol. The smallest absolute Gasteiger partial charge is 0.418 e. The molecule has 0 bridgehead atoms. The molecule has 0 aliphatic rings. The molecule has 1 heterocycles. The summed E-state index contributed by atoms with van der Waals surface area (Å²) < 4.78 is 68.6. The fraction of sp³-hybridized carbons (Fsp3) is 0.429. The van der Waals surface area contributed by atoms with Crippen molar-refractivity contribution in [1.82, 2.24) is 9.78 Å². The standard InChI is InChI=1S/C21H21ClF4N2O6/c1-4-5-6-7-33-19(31)20(32-3)34-18(30)12-8-16(15(23)9-14(12)22)28-17(29)11(2)13(10-27-28)21(24,25)26/h8-10,20H,4-7H2,1-3H3. The number of hydrogen-bond acceptors (Lipinski definition) is 7. The Morgan fingerprint density at radius 3 is 2.50 bits per heavy atom. The van der Waals surface area contributed by atoms with Crippen LogP contribution in [0.3, 0.4) is 0 Å². The first-order valence-electron chi connectivity index (χ1n) is 9.98. The molecule has 0 amide bonds. The van der Waals surface area contributed by atoms with Crippen LogP contribution in [-0.4, -0.2) is 41.7 Å². The number of unbranched alkanes of at least 4 members (excludes halogenated alkanes) is 2. The van der Waals surface area contributed by atoms with Crippen molar-refractivity contribution in [2.24, 2.45) is 0 Å². The van der Waals surface area contributed by atoms with E-state index in [1.54, 1.807) is 0 Å². The minimum Gasteiger partial charge on any atom is -0.461 e. The molecular weight excluding hydrogens is 488 g/mol. The van der Waals surface area contributed by atoms with Crippen molar-refractivity contribution in [3.63, 3.8) is 0 Å². The molecule has 0 spiro atoms. The number of hydrogen-bond donors (Lipinski definition) is 0. The van der Waals surface area contributed by atoms with E-state index in [0.717, 1.165) is 32.9 Å². The van der Waals surface area contributed by atoms with Gasteiger partial charge in [0.25, 0.3) is 5.56 Å². The van der Waals surface area contributed by atoms with Gasteiger partial charge in [-0.1, -0.05) is 31.4 Å². The normalized spacial score (nSPS) is 12.4. The molecule has 34 heavy (non-hydrogen) atoms. The fourth-order valence-electron chi connectivity index (χ4n) is 2.80. The molecule has 0 N–H and O–H groups in total. The van der Waals surface area contributed by atoms with Crippen molar-refractivity contribution in [2.75, 3.05) is 13.7 Å². The Morgan fingerprint density at radius 2 is 1.91 bits per heavy atom. The summed E-state index contributed by atoms with van der Waals surface area (Å²) in [4.78, 5) is 37.1. The monoisotopic (exact) mass is 508 g/mol. The second-order valence-electron chi connectivity index (χ2n) is 7.03. The lowest BCUT2D eigenvalue weighted by molar-refractivity contribution is -0.179. The van der Waals surface area contributed by atoms with Gasteiger partial charge in [-0.2, -0.15) is 23.0 Å². The number of halogens is 5. The van der Waals surface area contributed by atoms with Gasteiger partial charge < -0.3 is 14.2 Å². The molecule has 186 valence electrons. The second kappa shape index (κ2) is 11.4. The van der Waals surface area contributed by atoms with Gasteiger partial charge in [0.05, 0.1) is 29.0 Å². The highest BCUT2D eigenvalue weighted by Crippen LogP contribution is 2.30. The molecule has 2 rings (SSSR count). The maximum absolute atomic E-state index is 14.5. The van der Waals surface area contributed by atoms with Crippen molar-refractivity contribution >= 4 is 23.5 Å². The summed E-state index contributed by atoms with van der Waals surface area (Å²) in [5.74, 6) is -3.36. The Hall–Kier alpha value is -2.99. The van der Waals surface area contributed by atoms with E-state index in [1.807, 2.05) is 6.92 Å². The average Bonchev–Trinajstić information content (AvgIpc) is 2.76. The summed E-state index contributed by atoms with van der Waals surface area (Å²) in [6, 6.07) is 1.42. The maximum atomic E-state index is 14.5. The van der Waals surface area contributed by atoms with E-state index in [0.29, 0.717) is 23.4 Å². The lowest BCUT2D eigenvalue weighted by atomic mass is 10.1. The van der Waals surface area contributed by atoms with Gasteiger partial charge in [0.2, 0.25) is 0 Å². The number of carbonyl (C=O) groups is 2. The first-order chi connectivity index (χ1) is 15.9. The van der Waals surface area contributed by atoms with Crippen molar-refractivity contribution in [3.05, 3.63) is 56.2 Å². The van der Waals surface area contributed by atoms with E-state index in [4.69, 9.17) is 25.8 Å². The van der Waals surface area contributed by atoms with Crippen LogP contribution in [0, 0.1) is 12.7 Å². The van der Waals surface area contributed by atoms with E-state index < -0.39 is 63.2 Å². The number of esters is 2. The molecule has 1 aromatic heterocycles. The number of methoxy groups -OCH3 is 1. The third kappa shape index (κ3) is 6.32. The van der Waals surface area contributed by atoms with Crippen LogP contribution >= 0.6 is 11.6 Å². The van der Waals surface area contributed by atoms with Crippen molar-refractivity contribution in [3.8, 4) is 5.69 Å². The van der Waals surface area contributed by atoms with Crippen molar-refractivity contribution in [1.29, 1.82) is 0 Å². The highest BCUT2D eigenvalue weighted by atomic mass is 35.5. The Balaban J connectivity index is 2.36. The first kappa shape index (κ1) is 27.3. The summed E-state index contributed by atoms with van der Waals surface area (Å²) >= 11 is 5.91. The van der Waals surface area contributed by atoms with Crippen LogP contribution in [0.5, 0.6) is 0 Å². The Labute approximate surface area is 196 Å². The topological polar surface area (TPSA) is 96.7 Å². The largest absolute Gasteiger partial charge is 0.461 e. The second-order valence-corrected chi connectivity index (χ2v) is 7.44. The zero-order valence-electron chi connectivity index (χ0n) is 18.4. The number of alkyl halides is 3. The highest BCUT2D eigenvalue weighted by molar-refractivity contribution is 6.33. The van der Waals surface area contributed by atoms with Crippen molar-refractivity contribution < 1.29 is 41.4 Å². The summed E-state index contributed by atoms with van der Waals surface area (Å²) in [6.45, 7) is 2.94. The third-order valence-corrected chi connectivity index (χ3v) is 4.94. The van der Waals surface area contributed by atoms with Crippen molar-refractivity contribution in [2.45, 2.75) is 45.6 Å². The molecule has 0 saturated heterocycles. The highest BCUT2D eigenvalue weighted by Gasteiger charge is 2.35. The minimum atomic E-state index is -4.84. The number of nitrogens with zero attached hydrogens (tertiary/aromatic N) is 2. The van der Waals surface area contributed by atoms with E-state index in [1.165, 1.54) is 0 Å². The number of aromatic nitrogens is 2. The SMILES string of the molecule is CCCCCOC(=O)C(OC)OC(=O)c1cc(-n2ncc(C(F)(F)F)c(C)c2=O)c(F)cc1Cl. The molecule has 1 aromatic carbocycles. The van der Waals surface area contributed by atoms with E-state index in [2.05, 4.69) is 5.10 Å². The van der Waals surface area contributed by atoms with Crippen LogP contribution in [0.2, 0.25) is 5.02 Å². The molecule has 0 radical (unpaired) electrons.